The molecule has 0 radical (unpaired) electrons. The molecule has 1 aliphatic rings. The standard InChI is InChI=1S/C14H21NO6/c1-20-8-5-3-2-4-7(8)10(15)14-13(19)12(18)11(17)9(6-16)21-14/h2-5,9-14,16-19H,6,15H2,1H3/t9-,10?,11-,12+,13-,14+/m1/s1. The Morgan fingerprint density at radius 1 is 1.19 bits per heavy atom. The van der Waals surface area contributed by atoms with Crippen molar-refractivity contribution >= 4 is 0 Å². The van der Waals surface area contributed by atoms with Gasteiger partial charge in [-0.3, -0.25) is 0 Å². The Morgan fingerprint density at radius 2 is 1.86 bits per heavy atom. The van der Waals surface area contributed by atoms with Gasteiger partial charge in [-0.1, -0.05) is 18.2 Å². The average Bonchev–Trinajstić information content (AvgIpc) is 2.52. The first-order chi connectivity index (χ1) is 10.0. The molecule has 1 aliphatic heterocycles. The van der Waals surface area contributed by atoms with Gasteiger partial charge in [-0.05, 0) is 6.07 Å². The van der Waals surface area contributed by atoms with Crippen LogP contribution in [0.2, 0.25) is 0 Å². The van der Waals surface area contributed by atoms with Gasteiger partial charge < -0.3 is 35.6 Å². The molecule has 0 spiro atoms. The van der Waals surface area contributed by atoms with Gasteiger partial charge in [-0.15, -0.1) is 0 Å². The van der Waals surface area contributed by atoms with Gasteiger partial charge >= 0.3 is 0 Å². The molecule has 1 aromatic rings. The first kappa shape index (κ1) is 16.2. The lowest BCUT2D eigenvalue weighted by atomic mass is 9.88. The highest BCUT2D eigenvalue weighted by Gasteiger charge is 2.46. The van der Waals surface area contributed by atoms with Crippen molar-refractivity contribution in [3.05, 3.63) is 29.8 Å². The fourth-order valence-corrected chi connectivity index (χ4v) is 2.55. The summed E-state index contributed by atoms with van der Waals surface area (Å²) in [5.74, 6) is 0.530. The third-order valence-electron chi connectivity index (χ3n) is 3.78. The second kappa shape index (κ2) is 6.69. The zero-order valence-electron chi connectivity index (χ0n) is 11.7. The van der Waals surface area contributed by atoms with Crippen LogP contribution in [0.4, 0.5) is 0 Å². The molecule has 0 bridgehead atoms. The summed E-state index contributed by atoms with van der Waals surface area (Å²) in [4.78, 5) is 0. The quantitative estimate of drug-likeness (QED) is 0.460. The summed E-state index contributed by atoms with van der Waals surface area (Å²) in [7, 11) is 1.50. The molecule has 118 valence electrons. The molecular formula is C14H21NO6. The average molecular weight is 299 g/mol. The van der Waals surface area contributed by atoms with E-state index >= 15 is 0 Å². The van der Waals surface area contributed by atoms with Gasteiger partial charge in [-0.25, -0.2) is 0 Å². The molecule has 1 fully saturated rings. The molecule has 2 rings (SSSR count). The Hall–Kier alpha value is -1.22. The van der Waals surface area contributed by atoms with Gasteiger partial charge in [0.05, 0.1) is 19.8 Å². The molecule has 1 heterocycles. The zero-order valence-corrected chi connectivity index (χ0v) is 11.7. The van der Waals surface area contributed by atoms with Gasteiger partial charge in [0.1, 0.15) is 36.3 Å². The van der Waals surface area contributed by atoms with Gasteiger partial charge in [0.2, 0.25) is 0 Å². The molecule has 6 atom stereocenters. The maximum atomic E-state index is 10.1. The Kier molecular flexibility index (Phi) is 5.15. The molecule has 7 nitrogen and oxygen atoms in total. The number of hydrogen-bond donors (Lipinski definition) is 5. The summed E-state index contributed by atoms with van der Waals surface area (Å²) in [6, 6.07) is 6.21. The van der Waals surface area contributed by atoms with Crippen molar-refractivity contribution in [2.75, 3.05) is 13.7 Å². The number of nitrogens with two attached hydrogens (primary N) is 1. The molecule has 0 aliphatic carbocycles. The van der Waals surface area contributed by atoms with Crippen LogP contribution in [0.25, 0.3) is 0 Å². The predicted molar refractivity (Wildman–Crippen MR) is 73.7 cm³/mol. The first-order valence-electron chi connectivity index (χ1n) is 6.70. The summed E-state index contributed by atoms with van der Waals surface area (Å²) in [5.41, 5.74) is 6.72. The second-order valence-corrected chi connectivity index (χ2v) is 5.06. The largest absolute Gasteiger partial charge is 0.496 e. The van der Waals surface area contributed by atoms with Crippen molar-refractivity contribution in [1.29, 1.82) is 0 Å². The number of benzene rings is 1. The van der Waals surface area contributed by atoms with Crippen LogP contribution in [0.5, 0.6) is 5.75 Å². The molecule has 1 aromatic carbocycles. The normalized spacial score (nSPS) is 34.5. The predicted octanol–water partition coefficient (Wildman–Crippen LogP) is -1.46. The topological polar surface area (TPSA) is 125 Å². The van der Waals surface area contributed by atoms with Crippen LogP contribution < -0.4 is 10.5 Å². The number of methoxy groups -OCH3 is 1. The molecule has 6 N–H and O–H groups in total. The van der Waals surface area contributed by atoms with Crippen molar-refractivity contribution in [1.82, 2.24) is 0 Å². The first-order valence-corrected chi connectivity index (χ1v) is 6.70. The van der Waals surface area contributed by atoms with E-state index in [1.165, 1.54) is 7.11 Å². The van der Waals surface area contributed by atoms with Gasteiger partial charge in [0, 0.05) is 5.56 Å². The van der Waals surface area contributed by atoms with Crippen LogP contribution in [0.15, 0.2) is 24.3 Å². The van der Waals surface area contributed by atoms with E-state index in [-0.39, 0.29) is 0 Å². The number of hydrogen-bond acceptors (Lipinski definition) is 7. The molecule has 21 heavy (non-hydrogen) atoms. The van der Waals surface area contributed by atoms with E-state index in [9.17, 15) is 20.4 Å². The van der Waals surface area contributed by atoms with E-state index < -0.39 is 43.2 Å². The maximum Gasteiger partial charge on any atom is 0.123 e. The maximum absolute atomic E-state index is 10.1. The molecule has 1 saturated heterocycles. The van der Waals surface area contributed by atoms with Gasteiger partial charge in [-0.2, -0.15) is 0 Å². The monoisotopic (exact) mass is 299 g/mol. The van der Waals surface area contributed by atoms with Gasteiger partial charge in [0.15, 0.2) is 0 Å². The van der Waals surface area contributed by atoms with Crippen LogP contribution >= 0.6 is 0 Å². The van der Waals surface area contributed by atoms with Crippen molar-refractivity contribution < 1.29 is 29.9 Å². The molecular weight excluding hydrogens is 278 g/mol. The van der Waals surface area contributed by atoms with E-state index in [0.717, 1.165) is 0 Å². The Morgan fingerprint density at radius 3 is 2.48 bits per heavy atom. The smallest absolute Gasteiger partial charge is 0.123 e. The summed E-state index contributed by atoms with van der Waals surface area (Å²) in [5, 5.41) is 38.9. The van der Waals surface area contributed by atoms with Crippen LogP contribution in [0.1, 0.15) is 11.6 Å². The molecule has 0 saturated carbocycles. The highest BCUT2D eigenvalue weighted by Crippen LogP contribution is 2.32. The highest BCUT2D eigenvalue weighted by molar-refractivity contribution is 5.36. The number of rotatable bonds is 4. The minimum atomic E-state index is -1.44. The van der Waals surface area contributed by atoms with Crippen LogP contribution in [0, 0.1) is 0 Å². The number of aliphatic hydroxyl groups is 4. The summed E-state index contributed by atoms with van der Waals surface area (Å²) >= 11 is 0. The van der Waals surface area contributed by atoms with Crippen LogP contribution in [-0.4, -0.2) is 64.7 Å². The third kappa shape index (κ3) is 3.03. The fourth-order valence-electron chi connectivity index (χ4n) is 2.55. The molecule has 0 aromatic heterocycles. The number of aliphatic hydroxyl groups excluding tert-OH is 4. The van der Waals surface area contributed by atoms with Crippen molar-refractivity contribution in [2.45, 2.75) is 36.6 Å². The van der Waals surface area contributed by atoms with E-state index in [0.29, 0.717) is 11.3 Å². The summed E-state index contributed by atoms with van der Waals surface area (Å²) in [6.07, 6.45) is -6.17. The van der Waals surface area contributed by atoms with Crippen LogP contribution in [0.3, 0.4) is 0 Å². The van der Waals surface area contributed by atoms with E-state index in [4.69, 9.17) is 15.2 Å². The van der Waals surface area contributed by atoms with Crippen molar-refractivity contribution in [3.8, 4) is 5.75 Å². The number of ether oxygens (including phenoxy) is 2. The minimum Gasteiger partial charge on any atom is -0.496 e. The minimum absolute atomic E-state index is 0.486. The lowest BCUT2D eigenvalue weighted by Crippen LogP contribution is -2.60. The lowest BCUT2D eigenvalue weighted by Gasteiger charge is -2.42. The Bertz CT molecular complexity index is 469. The second-order valence-electron chi connectivity index (χ2n) is 5.06. The summed E-state index contributed by atoms with van der Waals surface area (Å²) in [6.45, 7) is -0.486. The lowest BCUT2D eigenvalue weighted by molar-refractivity contribution is -0.234. The van der Waals surface area contributed by atoms with Crippen molar-refractivity contribution in [3.63, 3.8) is 0 Å². The molecule has 7 heteroatoms. The Labute approximate surface area is 122 Å². The third-order valence-corrected chi connectivity index (χ3v) is 3.78. The molecule has 0 amide bonds. The SMILES string of the molecule is COc1ccccc1C(N)[C@@H]1O[C@H](CO)[C@@H](O)[C@H](O)[C@H]1O. The Balaban J connectivity index is 2.27. The fraction of sp³-hybridized carbons (Fsp3) is 0.571. The van der Waals surface area contributed by atoms with Gasteiger partial charge in [0.25, 0.3) is 0 Å². The summed E-state index contributed by atoms with van der Waals surface area (Å²) < 4.78 is 10.7. The van der Waals surface area contributed by atoms with E-state index in [1.807, 2.05) is 0 Å². The van der Waals surface area contributed by atoms with E-state index in [1.54, 1.807) is 24.3 Å². The van der Waals surface area contributed by atoms with Crippen LogP contribution in [-0.2, 0) is 4.74 Å². The zero-order chi connectivity index (χ0) is 15.6. The van der Waals surface area contributed by atoms with Crippen molar-refractivity contribution in [2.24, 2.45) is 5.73 Å². The molecule has 1 unspecified atom stereocenters. The highest BCUT2D eigenvalue weighted by atomic mass is 16.5. The van der Waals surface area contributed by atoms with E-state index in [2.05, 4.69) is 0 Å². The number of para-hydroxylation sites is 1.